The Morgan fingerprint density at radius 1 is 1.33 bits per heavy atom. The predicted molar refractivity (Wildman–Crippen MR) is 102 cm³/mol. The number of nitrogens with zero attached hydrogens (tertiary/aromatic N) is 1. The van der Waals surface area contributed by atoms with Crippen molar-refractivity contribution in [3.63, 3.8) is 0 Å². The van der Waals surface area contributed by atoms with Gasteiger partial charge in [0, 0.05) is 6.54 Å². The molecule has 0 aromatic heterocycles. The number of rotatable bonds is 5. The van der Waals surface area contributed by atoms with Gasteiger partial charge in [0.1, 0.15) is 24.4 Å². The molecule has 0 bridgehead atoms. The number of hydrogen-bond donors (Lipinski definition) is 2. The molecule has 0 spiro atoms. The molecule has 156 valence electrons. The summed E-state index contributed by atoms with van der Waals surface area (Å²) in [6.07, 6.45) is 0.433. The summed E-state index contributed by atoms with van der Waals surface area (Å²) in [4.78, 5) is 24.0. The van der Waals surface area contributed by atoms with Crippen molar-refractivity contribution >= 4 is 46.9 Å². The van der Waals surface area contributed by atoms with Crippen molar-refractivity contribution in [1.82, 2.24) is 15.8 Å². The second-order valence-electron chi connectivity index (χ2n) is 7.67. The summed E-state index contributed by atoms with van der Waals surface area (Å²) in [5, 5.41) is 4.60. The minimum absolute atomic E-state index is 0.207. The van der Waals surface area contributed by atoms with Gasteiger partial charge in [-0.3, -0.25) is 4.79 Å². The Hall–Kier alpha value is -0.510. The number of alkyl carbamates (subject to hydrolysis) is 1. The van der Waals surface area contributed by atoms with E-state index in [-0.39, 0.29) is 25.0 Å². The first-order chi connectivity index (χ1) is 12.4. The van der Waals surface area contributed by atoms with Crippen LogP contribution in [0, 0.1) is 0 Å². The van der Waals surface area contributed by atoms with Gasteiger partial charge in [-0.15, -0.1) is 0 Å². The third kappa shape index (κ3) is 7.79. The number of hydrazine groups is 1. The Kier molecular flexibility index (Phi) is 7.49. The number of ether oxygens (including phenoxy) is 3. The number of carbonyl (C=O) groups is 2. The maximum absolute atomic E-state index is 12.1. The molecule has 0 aliphatic carbocycles. The molecular weight excluding hydrogens is 421 g/mol. The van der Waals surface area contributed by atoms with Crippen LogP contribution in [-0.2, 0) is 19.0 Å². The van der Waals surface area contributed by atoms with Gasteiger partial charge in [0.05, 0.1) is 6.04 Å². The molecule has 0 aromatic rings. The van der Waals surface area contributed by atoms with Crippen LogP contribution in [-0.4, -0.2) is 64.0 Å². The number of carbonyl (C=O) groups excluding carboxylic acids is 2. The first-order valence-corrected chi connectivity index (χ1v) is 9.90. The minimum Gasteiger partial charge on any atom is -0.460 e. The largest absolute Gasteiger partial charge is 0.460 e. The van der Waals surface area contributed by atoms with Crippen LogP contribution >= 0.6 is 34.8 Å². The van der Waals surface area contributed by atoms with Crippen LogP contribution in [0.5, 0.6) is 0 Å². The zero-order chi connectivity index (χ0) is 20.4. The number of amides is 1. The van der Waals surface area contributed by atoms with Gasteiger partial charge in [0.25, 0.3) is 0 Å². The lowest BCUT2D eigenvalue weighted by atomic mass is 10.1. The molecule has 2 saturated heterocycles. The average Bonchev–Trinajstić information content (AvgIpc) is 3.30. The molecule has 27 heavy (non-hydrogen) atoms. The molecule has 2 aliphatic heterocycles. The molecule has 2 heterocycles. The molecule has 2 unspecified atom stereocenters. The second kappa shape index (κ2) is 8.88. The zero-order valence-corrected chi connectivity index (χ0v) is 18.0. The van der Waals surface area contributed by atoms with Crippen molar-refractivity contribution in [2.45, 2.75) is 74.3 Å². The maximum atomic E-state index is 12.1. The van der Waals surface area contributed by atoms with E-state index in [1.54, 1.807) is 20.8 Å². The maximum Gasteiger partial charge on any atom is 0.407 e. The summed E-state index contributed by atoms with van der Waals surface area (Å²) < 4.78 is 14.3. The van der Waals surface area contributed by atoms with E-state index in [2.05, 4.69) is 10.7 Å². The standard InChI is InChI=1S/C16H26Cl3N3O5/c1-9(20-14(24)27-15(2,3)4)11-12(26-11)22-7-5-6-10(21-22)13(23)25-8-16(17,18)19/h9-12,21H,5-8H2,1-4H3,(H,20,24)/t9-,10-,11?,12?/m0/s1. The highest BCUT2D eigenvalue weighted by molar-refractivity contribution is 6.67. The molecule has 2 fully saturated rings. The number of esters is 1. The van der Waals surface area contributed by atoms with Crippen molar-refractivity contribution in [1.29, 1.82) is 0 Å². The Morgan fingerprint density at radius 2 is 2.00 bits per heavy atom. The van der Waals surface area contributed by atoms with Crippen molar-refractivity contribution < 1.29 is 23.8 Å². The van der Waals surface area contributed by atoms with E-state index < -0.39 is 27.5 Å². The van der Waals surface area contributed by atoms with Crippen molar-refractivity contribution in [2.75, 3.05) is 13.2 Å². The molecule has 4 atom stereocenters. The van der Waals surface area contributed by atoms with Gasteiger partial charge in [-0.05, 0) is 40.5 Å². The SMILES string of the molecule is C[C@H](NC(=O)OC(C)(C)C)C1OC1N1CCC[C@@H](C(=O)OCC(Cl)(Cl)Cl)N1. The zero-order valence-electron chi connectivity index (χ0n) is 15.8. The highest BCUT2D eigenvalue weighted by atomic mass is 35.6. The molecule has 8 nitrogen and oxygen atoms in total. The van der Waals surface area contributed by atoms with Gasteiger partial charge in [0.15, 0.2) is 6.23 Å². The van der Waals surface area contributed by atoms with Crippen LogP contribution in [0.25, 0.3) is 0 Å². The number of epoxide rings is 1. The molecular formula is C16H26Cl3N3O5. The summed E-state index contributed by atoms with van der Waals surface area (Å²) in [6, 6.07) is -0.784. The Morgan fingerprint density at radius 3 is 2.59 bits per heavy atom. The van der Waals surface area contributed by atoms with E-state index >= 15 is 0 Å². The van der Waals surface area contributed by atoms with Crippen LogP contribution in [0.2, 0.25) is 0 Å². The highest BCUT2D eigenvalue weighted by Crippen LogP contribution is 2.30. The number of alkyl halides is 3. The molecule has 0 aromatic carbocycles. The number of halogens is 3. The van der Waals surface area contributed by atoms with Gasteiger partial charge in [-0.2, -0.15) is 0 Å². The fourth-order valence-corrected chi connectivity index (χ4v) is 2.89. The molecule has 11 heteroatoms. The Balaban J connectivity index is 1.79. The average molecular weight is 447 g/mol. The molecule has 0 radical (unpaired) electrons. The monoisotopic (exact) mass is 445 g/mol. The van der Waals surface area contributed by atoms with Gasteiger partial charge in [-0.25, -0.2) is 15.2 Å². The van der Waals surface area contributed by atoms with Gasteiger partial charge in [-0.1, -0.05) is 34.8 Å². The third-order valence-corrected chi connectivity index (χ3v) is 4.25. The Bertz CT molecular complexity index is 552. The van der Waals surface area contributed by atoms with Gasteiger partial charge >= 0.3 is 12.1 Å². The summed E-state index contributed by atoms with van der Waals surface area (Å²) >= 11 is 16.8. The fraction of sp³-hybridized carbons (Fsp3) is 0.875. The topological polar surface area (TPSA) is 92.4 Å². The van der Waals surface area contributed by atoms with Crippen molar-refractivity contribution in [3.05, 3.63) is 0 Å². The number of hydrogen-bond acceptors (Lipinski definition) is 7. The first kappa shape index (κ1) is 22.8. The quantitative estimate of drug-likeness (QED) is 0.381. The lowest BCUT2D eigenvalue weighted by Gasteiger charge is -2.32. The van der Waals surface area contributed by atoms with E-state index in [9.17, 15) is 9.59 Å². The second-order valence-corrected chi connectivity index (χ2v) is 10.2. The lowest BCUT2D eigenvalue weighted by molar-refractivity contribution is -0.149. The van der Waals surface area contributed by atoms with E-state index in [0.29, 0.717) is 13.0 Å². The van der Waals surface area contributed by atoms with Crippen LogP contribution in [0.4, 0.5) is 4.79 Å². The normalized spacial score (nSPS) is 27.6. The summed E-state index contributed by atoms with van der Waals surface area (Å²) in [5.74, 6) is -0.483. The summed E-state index contributed by atoms with van der Waals surface area (Å²) in [7, 11) is 0. The molecule has 1 amide bonds. The Labute approximate surface area is 174 Å². The molecule has 2 rings (SSSR count). The van der Waals surface area contributed by atoms with E-state index in [0.717, 1.165) is 6.42 Å². The van der Waals surface area contributed by atoms with Crippen LogP contribution in [0.15, 0.2) is 0 Å². The fourth-order valence-electron chi connectivity index (χ4n) is 2.73. The smallest absolute Gasteiger partial charge is 0.407 e. The van der Waals surface area contributed by atoms with Crippen molar-refractivity contribution in [3.8, 4) is 0 Å². The minimum atomic E-state index is -1.64. The predicted octanol–water partition coefficient (Wildman–Crippen LogP) is 2.51. The molecule has 2 aliphatic rings. The van der Waals surface area contributed by atoms with E-state index in [4.69, 9.17) is 49.0 Å². The molecule has 0 saturated carbocycles. The van der Waals surface area contributed by atoms with Crippen LogP contribution < -0.4 is 10.7 Å². The van der Waals surface area contributed by atoms with Crippen LogP contribution in [0.3, 0.4) is 0 Å². The summed E-state index contributed by atoms with van der Waals surface area (Å²) in [6.45, 7) is 7.63. The van der Waals surface area contributed by atoms with E-state index in [1.165, 1.54) is 0 Å². The first-order valence-electron chi connectivity index (χ1n) is 8.77. The summed E-state index contributed by atoms with van der Waals surface area (Å²) in [5.41, 5.74) is 2.52. The van der Waals surface area contributed by atoms with E-state index in [1.807, 2.05) is 11.9 Å². The van der Waals surface area contributed by atoms with Crippen LogP contribution in [0.1, 0.15) is 40.5 Å². The van der Waals surface area contributed by atoms with Crippen molar-refractivity contribution in [2.24, 2.45) is 0 Å². The third-order valence-electron chi connectivity index (χ3n) is 3.92. The van der Waals surface area contributed by atoms with Gasteiger partial charge < -0.3 is 19.5 Å². The lowest BCUT2D eigenvalue weighted by Crippen LogP contribution is -2.55. The van der Waals surface area contributed by atoms with Gasteiger partial charge in [0.2, 0.25) is 3.79 Å². The number of nitrogens with one attached hydrogen (secondary N) is 2. The highest BCUT2D eigenvalue weighted by Gasteiger charge is 2.49. The molecule has 2 N–H and O–H groups in total.